The molecule has 0 amide bonds. The highest BCUT2D eigenvalue weighted by atomic mass is 28.4. The highest BCUT2D eigenvalue weighted by Crippen LogP contribution is 2.15. The minimum atomic E-state index is -4.34. The van der Waals surface area contributed by atoms with E-state index < -0.39 is 15.0 Å². The molecule has 0 atom stereocenters. The highest BCUT2D eigenvalue weighted by Gasteiger charge is 2.33. The van der Waals surface area contributed by atoms with Crippen molar-refractivity contribution in [1.29, 1.82) is 0 Å². The first kappa shape index (κ1) is 8.01. The molecule has 0 rings (SSSR count). The summed E-state index contributed by atoms with van der Waals surface area (Å²) >= 11 is 0. The third kappa shape index (κ3) is 3.07. The molecule has 4 heteroatoms. The zero-order chi connectivity index (χ0) is 6.62. The summed E-state index contributed by atoms with van der Waals surface area (Å²) in [4.78, 5) is 0. The zero-order valence-electron chi connectivity index (χ0n) is 4.76. The first-order valence-corrected chi connectivity index (χ1v) is 4.73. The quantitative estimate of drug-likeness (QED) is 0.419. The Morgan fingerprint density at radius 3 is 2.00 bits per heavy atom. The van der Waals surface area contributed by atoms with Gasteiger partial charge in [0.05, 0.1) is 0 Å². The van der Waals surface area contributed by atoms with Crippen LogP contribution in [0.3, 0.4) is 0 Å². The van der Waals surface area contributed by atoms with Crippen LogP contribution in [0.1, 0.15) is 13.3 Å². The minimum absolute atomic E-state index is 0.205. The molecule has 0 heterocycles. The maximum atomic E-state index is 11.9. The van der Waals surface area contributed by atoms with Gasteiger partial charge in [-0.05, 0) is 0 Å². The fourth-order valence-electron chi connectivity index (χ4n) is 0.433. The topological polar surface area (TPSA) is 0 Å². The van der Waals surface area contributed by atoms with Crippen molar-refractivity contribution in [2.45, 2.75) is 19.4 Å². The Kier molecular flexibility index (Phi) is 3.12. The lowest BCUT2D eigenvalue weighted by Gasteiger charge is -2.03. The van der Waals surface area contributed by atoms with Gasteiger partial charge in [-0.15, -0.1) is 0 Å². The SMILES string of the molecule is CCC[Si](F)(F)CF. The van der Waals surface area contributed by atoms with E-state index in [4.69, 9.17) is 0 Å². The van der Waals surface area contributed by atoms with Crippen LogP contribution < -0.4 is 0 Å². The molecule has 0 aliphatic carbocycles. The van der Waals surface area contributed by atoms with E-state index in [2.05, 4.69) is 0 Å². The van der Waals surface area contributed by atoms with E-state index in [1.807, 2.05) is 0 Å². The fourth-order valence-corrected chi connectivity index (χ4v) is 1.30. The Bertz CT molecular complexity index is 64.3. The molecule has 0 aliphatic rings. The first-order chi connectivity index (χ1) is 3.62. The van der Waals surface area contributed by atoms with Gasteiger partial charge in [-0.25, -0.2) is 4.39 Å². The Morgan fingerprint density at radius 2 is 1.88 bits per heavy atom. The second-order valence-corrected chi connectivity index (χ2v) is 4.22. The van der Waals surface area contributed by atoms with E-state index >= 15 is 0 Å². The van der Waals surface area contributed by atoms with Crippen LogP contribution in [0.15, 0.2) is 0 Å². The van der Waals surface area contributed by atoms with Crippen molar-refractivity contribution >= 4 is 8.74 Å². The lowest BCUT2D eigenvalue weighted by atomic mass is 10.6. The van der Waals surface area contributed by atoms with Gasteiger partial charge in [0.15, 0.2) is 0 Å². The molecule has 0 unspecified atom stereocenters. The van der Waals surface area contributed by atoms with Crippen LogP contribution >= 0.6 is 0 Å². The average Bonchev–Trinajstić information content (AvgIpc) is 1.67. The molecular weight excluding hydrogens is 133 g/mol. The molecule has 8 heavy (non-hydrogen) atoms. The van der Waals surface area contributed by atoms with Gasteiger partial charge in [0.25, 0.3) is 0 Å². The molecule has 0 bridgehead atoms. The van der Waals surface area contributed by atoms with Gasteiger partial charge in [-0.1, -0.05) is 13.3 Å². The second kappa shape index (κ2) is 3.12. The Balaban J connectivity index is 3.37. The van der Waals surface area contributed by atoms with Crippen LogP contribution in [0, 0.1) is 0 Å². The molecule has 0 aromatic heterocycles. The number of alkyl halides is 1. The molecule has 0 saturated heterocycles. The maximum absolute atomic E-state index is 11.9. The van der Waals surface area contributed by atoms with Gasteiger partial charge in [0, 0.05) is 6.04 Å². The first-order valence-electron chi connectivity index (χ1n) is 2.56. The standard InChI is InChI=1S/C4H9F3Si/c1-2-3-8(6,7)4-5/h2-4H2,1H3. The van der Waals surface area contributed by atoms with Gasteiger partial charge >= 0.3 is 8.74 Å². The van der Waals surface area contributed by atoms with Crippen LogP contribution in [0.2, 0.25) is 6.04 Å². The predicted molar refractivity (Wildman–Crippen MR) is 29.0 cm³/mol. The van der Waals surface area contributed by atoms with Gasteiger partial charge in [-0.3, -0.25) is 8.22 Å². The average molecular weight is 142 g/mol. The number of halogens is 3. The third-order valence-electron chi connectivity index (χ3n) is 0.811. The van der Waals surface area contributed by atoms with Gasteiger partial charge in [0.2, 0.25) is 0 Å². The van der Waals surface area contributed by atoms with Crippen LogP contribution in [0.5, 0.6) is 0 Å². The zero-order valence-corrected chi connectivity index (χ0v) is 5.76. The molecule has 50 valence electrons. The molecule has 0 fully saturated rings. The molecule has 0 nitrogen and oxygen atoms in total. The summed E-state index contributed by atoms with van der Waals surface area (Å²) in [6, 6.07) is -0.205. The summed E-state index contributed by atoms with van der Waals surface area (Å²) < 4.78 is 35.1. The predicted octanol–water partition coefficient (Wildman–Crippen LogP) is 2.29. The van der Waals surface area contributed by atoms with Crippen molar-refractivity contribution in [1.82, 2.24) is 0 Å². The van der Waals surface area contributed by atoms with Crippen LogP contribution in [0.4, 0.5) is 12.6 Å². The van der Waals surface area contributed by atoms with Gasteiger partial charge < -0.3 is 0 Å². The van der Waals surface area contributed by atoms with E-state index in [0.717, 1.165) is 0 Å². The van der Waals surface area contributed by atoms with Gasteiger partial charge in [0.1, 0.15) is 6.30 Å². The number of hydrogen-bond donors (Lipinski definition) is 0. The molecular formula is C4H9F3Si. The molecule has 0 radical (unpaired) electrons. The lowest BCUT2D eigenvalue weighted by Crippen LogP contribution is -2.24. The molecule has 0 aliphatic heterocycles. The van der Waals surface area contributed by atoms with Crippen molar-refractivity contribution in [2.75, 3.05) is 6.30 Å². The Morgan fingerprint density at radius 1 is 1.38 bits per heavy atom. The van der Waals surface area contributed by atoms with Crippen LogP contribution in [-0.4, -0.2) is 15.0 Å². The van der Waals surface area contributed by atoms with E-state index in [-0.39, 0.29) is 6.04 Å². The van der Waals surface area contributed by atoms with E-state index in [9.17, 15) is 12.6 Å². The summed E-state index contributed by atoms with van der Waals surface area (Å²) in [5.74, 6) is 0. The lowest BCUT2D eigenvalue weighted by molar-refractivity contribution is 0.479. The largest absolute Gasteiger partial charge is 0.454 e. The molecule has 0 aromatic carbocycles. The summed E-state index contributed by atoms with van der Waals surface area (Å²) in [5, 5.41) is 0. The summed E-state index contributed by atoms with van der Waals surface area (Å²) in [7, 11) is -4.34. The summed E-state index contributed by atoms with van der Waals surface area (Å²) in [6.07, 6.45) is -0.996. The third-order valence-corrected chi connectivity index (χ3v) is 2.43. The summed E-state index contributed by atoms with van der Waals surface area (Å²) in [6.45, 7) is 1.64. The van der Waals surface area contributed by atoms with Crippen molar-refractivity contribution in [3.8, 4) is 0 Å². The van der Waals surface area contributed by atoms with Crippen molar-refractivity contribution in [2.24, 2.45) is 0 Å². The van der Waals surface area contributed by atoms with Crippen LogP contribution in [0.25, 0.3) is 0 Å². The molecule has 0 N–H and O–H groups in total. The monoisotopic (exact) mass is 142 g/mol. The number of hydrogen-bond acceptors (Lipinski definition) is 0. The van der Waals surface area contributed by atoms with Crippen molar-refractivity contribution < 1.29 is 12.6 Å². The smallest absolute Gasteiger partial charge is 0.268 e. The molecule has 0 saturated carbocycles. The van der Waals surface area contributed by atoms with E-state index in [0.29, 0.717) is 6.42 Å². The molecule has 0 spiro atoms. The van der Waals surface area contributed by atoms with Gasteiger partial charge in [-0.2, -0.15) is 0 Å². The van der Waals surface area contributed by atoms with E-state index in [1.54, 1.807) is 6.92 Å². The maximum Gasteiger partial charge on any atom is 0.454 e. The number of rotatable bonds is 3. The molecule has 0 aromatic rings. The fraction of sp³-hybridized carbons (Fsp3) is 1.00. The van der Waals surface area contributed by atoms with Crippen molar-refractivity contribution in [3.05, 3.63) is 0 Å². The van der Waals surface area contributed by atoms with E-state index in [1.165, 1.54) is 0 Å². The summed E-state index contributed by atoms with van der Waals surface area (Å²) in [5.41, 5.74) is 0. The van der Waals surface area contributed by atoms with Crippen molar-refractivity contribution in [3.63, 3.8) is 0 Å². The minimum Gasteiger partial charge on any atom is -0.268 e. The second-order valence-electron chi connectivity index (χ2n) is 1.74. The normalized spacial score (nSPS) is 12.0. The Labute approximate surface area is 48.1 Å². The van der Waals surface area contributed by atoms with Crippen LogP contribution in [-0.2, 0) is 0 Å². The Hall–Kier alpha value is 0.00688. The highest BCUT2D eigenvalue weighted by molar-refractivity contribution is 6.65.